The molecular weight excluding hydrogens is 255 g/mol. The predicted molar refractivity (Wildman–Crippen MR) is 55.1 cm³/mol. The maximum atomic E-state index is 10.6. The zero-order valence-corrected chi connectivity index (χ0v) is 9.66. The molecule has 2 rings (SSSR count). The molecule has 106 valence electrons. The first-order chi connectivity index (χ1) is 8.25. The number of alkyl halides is 3. The minimum atomic E-state index is -5.08. The lowest BCUT2D eigenvalue weighted by atomic mass is 9.89. The summed E-state index contributed by atoms with van der Waals surface area (Å²) < 4.78 is 37.3. The number of ether oxygens (including phenoxy) is 1. The maximum Gasteiger partial charge on any atom is 0.490 e. The van der Waals surface area contributed by atoms with E-state index in [9.17, 15) is 18.3 Å². The van der Waals surface area contributed by atoms with Gasteiger partial charge in [0.05, 0.1) is 18.3 Å². The lowest BCUT2D eigenvalue weighted by Gasteiger charge is -2.32. The maximum absolute atomic E-state index is 10.6. The first kappa shape index (κ1) is 15.2. The zero-order chi connectivity index (χ0) is 13.8. The standard InChI is InChI=1S/C8H15NO2.C2HF3O2/c10-7-5-8(11-6-7)1-3-9-4-2-8;3-2(4,5)1(6)7/h7,9-10H,1-6H2;(H,6,7). The number of rotatable bonds is 0. The Kier molecular flexibility index (Phi) is 4.94. The van der Waals surface area contributed by atoms with Gasteiger partial charge in [-0.15, -0.1) is 0 Å². The molecule has 1 unspecified atom stereocenters. The molecule has 18 heavy (non-hydrogen) atoms. The van der Waals surface area contributed by atoms with Crippen molar-refractivity contribution in [2.24, 2.45) is 0 Å². The van der Waals surface area contributed by atoms with E-state index in [1.807, 2.05) is 0 Å². The lowest BCUT2D eigenvalue weighted by Crippen LogP contribution is -2.41. The van der Waals surface area contributed by atoms with Crippen molar-refractivity contribution in [2.45, 2.75) is 37.1 Å². The fourth-order valence-corrected chi connectivity index (χ4v) is 2.05. The van der Waals surface area contributed by atoms with Crippen LogP contribution < -0.4 is 5.32 Å². The van der Waals surface area contributed by atoms with Crippen molar-refractivity contribution in [1.29, 1.82) is 0 Å². The molecule has 1 spiro atoms. The van der Waals surface area contributed by atoms with Gasteiger partial charge in [-0.05, 0) is 25.9 Å². The van der Waals surface area contributed by atoms with Crippen LogP contribution in [0.25, 0.3) is 0 Å². The molecule has 2 heterocycles. The monoisotopic (exact) mass is 271 g/mol. The van der Waals surface area contributed by atoms with Crippen molar-refractivity contribution in [2.75, 3.05) is 19.7 Å². The highest BCUT2D eigenvalue weighted by atomic mass is 19.4. The average Bonchev–Trinajstić information content (AvgIpc) is 2.60. The smallest absolute Gasteiger partial charge is 0.475 e. The molecule has 2 aliphatic heterocycles. The Morgan fingerprint density at radius 1 is 1.33 bits per heavy atom. The fourth-order valence-electron chi connectivity index (χ4n) is 2.05. The average molecular weight is 271 g/mol. The van der Waals surface area contributed by atoms with Crippen molar-refractivity contribution >= 4 is 5.97 Å². The number of carboxylic acid groups (broad SMARTS) is 1. The van der Waals surface area contributed by atoms with Gasteiger partial charge in [0.1, 0.15) is 0 Å². The normalized spacial score (nSPS) is 26.6. The summed E-state index contributed by atoms with van der Waals surface area (Å²) >= 11 is 0. The molecule has 0 aromatic heterocycles. The van der Waals surface area contributed by atoms with Gasteiger partial charge >= 0.3 is 12.1 Å². The highest BCUT2D eigenvalue weighted by molar-refractivity contribution is 5.73. The summed E-state index contributed by atoms with van der Waals surface area (Å²) in [6, 6.07) is 0. The van der Waals surface area contributed by atoms with E-state index in [1.54, 1.807) is 0 Å². The molecular formula is C10H16F3NO4. The number of piperidine rings is 1. The van der Waals surface area contributed by atoms with Crippen molar-refractivity contribution in [3.8, 4) is 0 Å². The third kappa shape index (κ3) is 4.43. The quantitative estimate of drug-likeness (QED) is 0.599. The van der Waals surface area contributed by atoms with Crippen LogP contribution in [-0.2, 0) is 9.53 Å². The van der Waals surface area contributed by atoms with E-state index in [2.05, 4.69) is 5.32 Å². The minimum absolute atomic E-state index is 0.0324. The SMILES string of the molecule is O=C(O)C(F)(F)F.OC1COC2(CCNCC2)C1. The van der Waals surface area contributed by atoms with Crippen LogP contribution in [0, 0.1) is 0 Å². The first-order valence-corrected chi connectivity index (χ1v) is 5.58. The minimum Gasteiger partial charge on any atom is -0.475 e. The number of hydrogen-bond donors (Lipinski definition) is 3. The Labute approximate surface area is 102 Å². The summed E-state index contributed by atoms with van der Waals surface area (Å²) in [5.74, 6) is -2.76. The second-order valence-electron chi connectivity index (χ2n) is 4.40. The number of halogens is 3. The highest BCUT2D eigenvalue weighted by Gasteiger charge is 2.40. The predicted octanol–water partition coefficient (Wildman–Crippen LogP) is 0.523. The molecule has 1 atom stereocenters. The second-order valence-corrected chi connectivity index (χ2v) is 4.40. The molecule has 0 aromatic carbocycles. The number of hydrogen-bond acceptors (Lipinski definition) is 4. The molecule has 0 aromatic rings. The lowest BCUT2D eigenvalue weighted by molar-refractivity contribution is -0.192. The molecule has 0 bridgehead atoms. The zero-order valence-electron chi connectivity index (χ0n) is 9.66. The van der Waals surface area contributed by atoms with Crippen molar-refractivity contribution in [1.82, 2.24) is 5.32 Å². The molecule has 0 amide bonds. The van der Waals surface area contributed by atoms with Gasteiger partial charge in [-0.3, -0.25) is 0 Å². The van der Waals surface area contributed by atoms with Gasteiger partial charge < -0.3 is 20.3 Å². The van der Waals surface area contributed by atoms with Gasteiger partial charge in [0.15, 0.2) is 0 Å². The van der Waals surface area contributed by atoms with Crippen LogP contribution >= 0.6 is 0 Å². The van der Waals surface area contributed by atoms with Crippen LogP contribution in [0.5, 0.6) is 0 Å². The Bertz CT molecular complexity index is 284. The second kappa shape index (κ2) is 5.85. The summed E-state index contributed by atoms with van der Waals surface area (Å²) in [5.41, 5.74) is 0.0324. The Morgan fingerprint density at radius 2 is 1.83 bits per heavy atom. The van der Waals surface area contributed by atoms with Gasteiger partial charge in [0.2, 0.25) is 0 Å². The summed E-state index contributed by atoms with van der Waals surface area (Å²) in [6.45, 7) is 2.61. The summed E-state index contributed by atoms with van der Waals surface area (Å²) in [7, 11) is 0. The number of carboxylic acids is 1. The molecule has 0 aliphatic carbocycles. The summed E-state index contributed by atoms with van der Waals surface area (Å²) in [6.07, 6.45) is -2.34. The van der Waals surface area contributed by atoms with E-state index in [4.69, 9.17) is 14.6 Å². The number of aliphatic carboxylic acids is 1. The number of aliphatic hydroxyl groups is 1. The Balaban J connectivity index is 0.000000203. The molecule has 2 saturated heterocycles. The Hall–Kier alpha value is -0.860. The van der Waals surface area contributed by atoms with E-state index in [0.717, 1.165) is 32.4 Å². The van der Waals surface area contributed by atoms with Crippen molar-refractivity contribution in [3.63, 3.8) is 0 Å². The Morgan fingerprint density at radius 3 is 2.17 bits per heavy atom. The number of aliphatic hydroxyl groups excluding tert-OH is 1. The van der Waals surface area contributed by atoms with Crippen LogP contribution in [0.2, 0.25) is 0 Å². The van der Waals surface area contributed by atoms with Crippen LogP contribution in [0.1, 0.15) is 19.3 Å². The van der Waals surface area contributed by atoms with Crippen LogP contribution in [-0.4, -0.2) is 53.8 Å². The van der Waals surface area contributed by atoms with Crippen LogP contribution in [0.15, 0.2) is 0 Å². The van der Waals surface area contributed by atoms with Crippen molar-refractivity contribution in [3.05, 3.63) is 0 Å². The molecule has 2 fully saturated rings. The van der Waals surface area contributed by atoms with Gasteiger partial charge in [0.25, 0.3) is 0 Å². The molecule has 5 nitrogen and oxygen atoms in total. The highest BCUT2D eigenvalue weighted by Crippen LogP contribution is 2.33. The largest absolute Gasteiger partial charge is 0.490 e. The van der Waals surface area contributed by atoms with Crippen LogP contribution in [0.4, 0.5) is 13.2 Å². The molecule has 0 saturated carbocycles. The summed E-state index contributed by atoms with van der Waals surface area (Å²) in [5, 5.41) is 19.7. The third-order valence-electron chi connectivity index (χ3n) is 2.95. The van der Waals surface area contributed by atoms with E-state index in [0.29, 0.717) is 6.61 Å². The third-order valence-corrected chi connectivity index (χ3v) is 2.95. The first-order valence-electron chi connectivity index (χ1n) is 5.58. The summed E-state index contributed by atoms with van der Waals surface area (Å²) in [4.78, 5) is 8.90. The topological polar surface area (TPSA) is 78.8 Å². The van der Waals surface area contributed by atoms with Crippen molar-refractivity contribution < 1.29 is 32.9 Å². The van der Waals surface area contributed by atoms with E-state index in [-0.39, 0.29) is 11.7 Å². The van der Waals surface area contributed by atoms with Gasteiger partial charge in [-0.25, -0.2) is 4.79 Å². The van der Waals surface area contributed by atoms with Gasteiger partial charge in [-0.1, -0.05) is 0 Å². The molecule has 2 aliphatic rings. The molecule has 0 radical (unpaired) electrons. The van der Waals surface area contributed by atoms with Crippen LogP contribution in [0.3, 0.4) is 0 Å². The molecule has 3 N–H and O–H groups in total. The van der Waals surface area contributed by atoms with E-state index in [1.165, 1.54) is 0 Å². The number of nitrogens with one attached hydrogen (secondary N) is 1. The number of carbonyl (C=O) groups is 1. The van der Waals surface area contributed by atoms with Gasteiger partial charge in [-0.2, -0.15) is 13.2 Å². The van der Waals surface area contributed by atoms with E-state index >= 15 is 0 Å². The van der Waals surface area contributed by atoms with Gasteiger partial charge in [0, 0.05) is 6.42 Å². The fraction of sp³-hybridized carbons (Fsp3) is 0.900. The van der Waals surface area contributed by atoms with E-state index < -0.39 is 12.1 Å². The molecule has 8 heteroatoms.